The Hall–Kier alpha value is -3.71. The Bertz CT molecular complexity index is 2810. The number of phenols is 3. The van der Waals surface area contributed by atoms with Crippen LogP contribution in [-0.2, 0) is 40.3 Å². The minimum atomic E-state index is -0.962. The van der Waals surface area contributed by atoms with Crippen LogP contribution in [0, 0.1) is 11.8 Å². The third kappa shape index (κ3) is 7.10. The molecule has 3 spiro atoms. The Kier molecular flexibility index (Phi) is 13.8. The molecular formula is C61H84BrN3O12. The van der Waals surface area contributed by atoms with Crippen molar-refractivity contribution < 1.29 is 59.9 Å². The molecule has 10 N–H and O–H groups in total. The molecule has 15 nitrogen and oxygen atoms in total. The Morgan fingerprint density at radius 1 is 0.571 bits per heavy atom. The highest BCUT2D eigenvalue weighted by Gasteiger charge is 2.75. The van der Waals surface area contributed by atoms with Crippen LogP contribution in [-0.4, -0.2) is 148 Å². The fraction of sp³-hybridized carbons (Fsp3) is 0.689. The monoisotopic (exact) mass is 1130 g/mol. The number of carbonyl (C=O) groups excluding carboxylic acids is 1. The van der Waals surface area contributed by atoms with E-state index < -0.39 is 63.6 Å². The van der Waals surface area contributed by atoms with E-state index in [0.29, 0.717) is 68.6 Å². The normalized spacial score (nSPS) is 40.6. The second kappa shape index (κ2) is 19.2. The first-order chi connectivity index (χ1) is 35.6. The lowest BCUT2D eigenvalue weighted by Gasteiger charge is -2.64. The number of carbonyl (C=O) groups is 1. The van der Waals surface area contributed by atoms with Gasteiger partial charge in [0.05, 0.1) is 45.3 Å². The molecule has 8 fully saturated rings. The predicted molar refractivity (Wildman–Crippen MR) is 295 cm³/mol. The number of ether oxygens (including phenoxy) is 3. The lowest BCUT2D eigenvalue weighted by atomic mass is 9.48. The standard InChI is InChI=1S/C21H27NO4.C16H19NO4.C16H17NO4.C5H9Br.3CH4/c23-14-5-4-13-10-16-21(25)7-6-15(24)19-20(21,17(13)18(14)26-19)8-9-22(16)11-12-2-1-3-12;2*18-9-2-1-8-7-11-16(20)4-3-10(19)14-15(16,5-6-17-11)12(8)13(9)21-14;6-4-5-2-1-3-5;;;/h4-5,12,15-16,19,23-25H,1-3,6-11H2;1-2,10-11,14,17-20H,3-7H2;1-2,11,14,17-18,20H,3-7H2;5H,1-4H2;3*1H4/t15-,16+,19-,20-,21+;10-,11+,14-,15-,16+;11-,14+,15+,16-;;;;/m001..../s1. The molecule has 0 radical (unpaired) electrons. The van der Waals surface area contributed by atoms with E-state index >= 15 is 0 Å². The number of hydrogen-bond donors (Lipinski definition) is 10. The summed E-state index contributed by atoms with van der Waals surface area (Å²) in [6.45, 7) is 3.57. The van der Waals surface area contributed by atoms with Gasteiger partial charge in [-0.05, 0) is 163 Å². The third-order valence-electron chi connectivity index (χ3n) is 22.0. The minimum absolute atomic E-state index is 0. The molecule has 3 aromatic rings. The molecule has 16 heteroatoms. The summed E-state index contributed by atoms with van der Waals surface area (Å²) in [5, 5.41) is 95.0. The quantitative estimate of drug-likeness (QED) is 0.128. The van der Waals surface area contributed by atoms with Crippen molar-refractivity contribution in [3.8, 4) is 34.5 Å². The van der Waals surface area contributed by atoms with Crippen molar-refractivity contribution in [3.05, 3.63) is 69.8 Å². The van der Waals surface area contributed by atoms with Crippen LogP contribution in [0.2, 0.25) is 0 Å². The highest BCUT2D eigenvalue weighted by atomic mass is 79.9. The van der Waals surface area contributed by atoms with E-state index in [4.69, 9.17) is 14.2 Å². The van der Waals surface area contributed by atoms with Crippen LogP contribution in [0.5, 0.6) is 34.5 Å². The number of phenolic OH excluding ortho intramolecular Hbond substituents is 3. The average molecular weight is 1130 g/mol. The number of halogens is 1. The summed E-state index contributed by atoms with van der Waals surface area (Å²) in [7, 11) is 0. The van der Waals surface area contributed by atoms with Crippen LogP contribution in [0.15, 0.2) is 36.4 Å². The molecule has 0 amide bonds. The molecule has 6 bridgehead atoms. The van der Waals surface area contributed by atoms with Crippen LogP contribution in [0.25, 0.3) is 0 Å². The fourth-order valence-corrected chi connectivity index (χ4v) is 18.8. The number of aliphatic hydroxyl groups is 5. The smallest absolute Gasteiger partial charge is 0.174 e. The zero-order valence-corrected chi connectivity index (χ0v) is 43.6. The number of ketones is 1. The summed E-state index contributed by atoms with van der Waals surface area (Å²) < 4.78 is 18.1. The van der Waals surface area contributed by atoms with Crippen molar-refractivity contribution in [1.82, 2.24) is 15.5 Å². The maximum absolute atomic E-state index is 12.4. The number of rotatable bonds is 3. The summed E-state index contributed by atoms with van der Waals surface area (Å²) in [4.78, 5) is 15.0. The van der Waals surface area contributed by atoms with E-state index in [2.05, 4.69) is 31.5 Å². The van der Waals surface area contributed by atoms with Gasteiger partial charge in [-0.25, -0.2) is 0 Å². The van der Waals surface area contributed by atoms with Gasteiger partial charge in [-0.3, -0.25) is 9.69 Å². The molecule has 14 atom stereocenters. The first-order valence-corrected chi connectivity index (χ1v) is 29.1. The van der Waals surface area contributed by atoms with E-state index in [1.165, 1.54) is 49.4 Å². The van der Waals surface area contributed by atoms with E-state index in [1.54, 1.807) is 18.2 Å². The minimum Gasteiger partial charge on any atom is -0.504 e. The van der Waals surface area contributed by atoms with Gasteiger partial charge in [0.2, 0.25) is 0 Å². The van der Waals surface area contributed by atoms with Gasteiger partial charge in [-0.2, -0.15) is 0 Å². The van der Waals surface area contributed by atoms with Gasteiger partial charge in [0, 0.05) is 53.1 Å². The van der Waals surface area contributed by atoms with Crippen LogP contribution in [0.4, 0.5) is 0 Å². The summed E-state index contributed by atoms with van der Waals surface area (Å²) in [5.41, 5.74) is 1.64. The third-order valence-corrected chi connectivity index (χ3v) is 23.0. The number of benzene rings is 3. The van der Waals surface area contributed by atoms with Crippen molar-refractivity contribution in [1.29, 1.82) is 0 Å². The van der Waals surface area contributed by atoms with Crippen molar-refractivity contribution >= 4 is 21.7 Å². The van der Waals surface area contributed by atoms with Crippen LogP contribution < -0.4 is 24.8 Å². The van der Waals surface area contributed by atoms with E-state index in [-0.39, 0.29) is 63.4 Å². The first kappa shape index (κ1) is 55.2. The van der Waals surface area contributed by atoms with E-state index in [9.17, 15) is 45.6 Å². The molecule has 5 saturated carbocycles. The van der Waals surface area contributed by atoms with Gasteiger partial charge in [-0.1, -0.05) is 69.3 Å². The number of nitrogens with one attached hydrogen (secondary N) is 2. The number of aliphatic hydroxyl groups excluding tert-OH is 2. The number of hydrogen-bond acceptors (Lipinski definition) is 15. The van der Waals surface area contributed by atoms with Crippen molar-refractivity contribution in [2.75, 3.05) is 31.5 Å². The SMILES string of the molecule is BrCC1CCC1.C.C.C.O=C1CC[C@@]2(O)[C@H]3Cc4ccc(O)c5c4[C@@]2(CCN3)[C@H]1O5.Oc1ccc2c3c1O[C@H]1[C@@H](O)CC[C@@]4(O)[C@@H](C2)N(CC2CCC2)CC[C@]314.Oc1ccc2c3c1O[C@H]1[C@@H](O)CC[C@@]4(O)[C@@H](C2)NCC[C@]314. The average Bonchev–Trinajstić information content (AvgIpc) is 4.10. The highest BCUT2D eigenvalue weighted by molar-refractivity contribution is 9.09. The number of nitrogens with zero attached hydrogens (tertiary/aromatic N) is 1. The van der Waals surface area contributed by atoms with Crippen LogP contribution in [0.1, 0.15) is 152 Å². The first-order valence-electron chi connectivity index (χ1n) is 28.0. The molecule has 14 aliphatic rings. The molecule has 422 valence electrons. The van der Waals surface area contributed by atoms with Crippen molar-refractivity contribution in [3.63, 3.8) is 0 Å². The molecule has 6 heterocycles. The molecule has 77 heavy (non-hydrogen) atoms. The van der Waals surface area contributed by atoms with Crippen molar-refractivity contribution in [2.45, 2.75) is 220 Å². The highest BCUT2D eigenvalue weighted by Crippen LogP contribution is 2.68. The predicted octanol–water partition coefficient (Wildman–Crippen LogP) is 6.39. The van der Waals surface area contributed by atoms with E-state index in [1.807, 2.05) is 18.2 Å². The van der Waals surface area contributed by atoms with Gasteiger partial charge in [0.15, 0.2) is 46.4 Å². The lowest BCUT2D eigenvalue weighted by Crippen LogP contribution is -2.77. The number of Topliss-reactive ketones (excluding diaryl/α,β-unsaturated/α-hetero) is 1. The van der Waals surface area contributed by atoms with Gasteiger partial charge in [0.1, 0.15) is 12.2 Å². The largest absolute Gasteiger partial charge is 0.504 e. The molecule has 0 unspecified atom stereocenters. The Morgan fingerprint density at radius 3 is 1.55 bits per heavy atom. The number of piperidine rings is 3. The van der Waals surface area contributed by atoms with Gasteiger partial charge in [0.25, 0.3) is 0 Å². The summed E-state index contributed by atoms with van der Waals surface area (Å²) in [6.07, 6.45) is 13.1. The lowest BCUT2D eigenvalue weighted by molar-refractivity contribution is -0.209. The molecule has 8 aliphatic carbocycles. The van der Waals surface area contributed by atoms with Crippen LogP contribution >= 0.6 is 15.9 Å². The Labute approximate surface area is 462 Å². The molecule has 3 aromatic carbocycles. The number of alkyl halides is 1. The summed E-state index contributed by atoms with van der Waals surface area (Å²) in [5.74, 6) is 3.59. The number of likely N-dealkylation sites (tertiary alicyclic amines) is 1. The molecule has 0 aromatic heterocycles. The zero-order chi connectivity index (χ0) is 50.9. The van der Waals surface area contributed by atoms with E-state index in [0.717, 1.165) is 91.5 Å². The zero-order valence-electron chi connectivity index (χ0n) is 42.0. The molecule has 17 rings (SSSR count). The maximum Gasteiger partial charge on any atom is 0.174 e. The summed E-state index contributed by atoms with van der Waals surface area (Å²) in [6, 6.07) is 10.9. The fourth-order valence-electron chi connectivity index (χ4n) is 18.1. The Morgan fingerprint density at radius 2 is 1.04 bits per heavy atom. The van der Waals surface area contributed by atoms with Gasteiger partial charge in [-0.15, -0.1) is 0 Å². The van der Waals surface area contributed by atoms with Crippen LogP contribution in [0.3, 0.4) is 0 Å². The van der Waals surface area contributed by atoms with Gasteiger partial charge < -0.3 is 65.7 Å². The molecule has 3 saturated heterocycles. The summed E-state index contributed by atoms with van der Waals surface area (Å²) >= 11 is 3.43. The van der Waals surface area contributed by atoms with Crippen molar-refractivity contribution in [2.24, 2.45) is 11.8 Å². The number of aromatic hydroxyl groups is 3. The van der Waals surface area contributed by atoms with Gasteiger partial charge >= 0.3 is 0 Å². The molecular weight excluding hydrogens is 1050 g/mol. The second-order valence-corrected chi connectivity index (χ2v) is 25.6. The molecule has 6 aliphatic heterocycles. The second-order valence-electron chi connectivity index (χ2n) is 24.9. The topological polar surface area (TPSA) is 234 Å². The maximum atomic E-state index is 12.4. The Balaban J connectivity index is 0.000000115.